The van der Waals surface area contributed by atoms with Crippen LogP contribution in [0.2, 0.25) is 0 Å². The Bertz CT molecular complexity index is 202. The average Bonchev–Trinajstić information content (AvgIpc) is 2.32. The summed E-state index contributed by atoms with van der Waals surface area (Å²) in [5, 5.41) is 7.42. The first-order valence-electron chi connectivity index (χ1n) is 6.83. The Morgan fingerprint density at radius 3 is 1.94 bits per heavy atom. The van der Waals surface area contributed by atoms with E-state index in [1.165, 1.54) is 6.42 Å². The van der Waals surface area contributed by atoms with Crippen LogP contribution < -0.4 is 5.73 Å². The van der Waals surface area contributed by atoms with Gasteiger partial charge in [-0.25, -0.2) is 0 Å². The SMILES string of the molecule is CCN(CC)CCCN(CC)CC(C)C(=N)N. The molecule has 0 aromatic rings. The summed E-state index contributed by atoms with van der Waals surface area (Å²) in [6, 6.07) is 0. The molecular formula is C13H30N4. The van der Waals surface area contributed by atoms with Gasteiger partial charge in [0.1, 0.15) is 0 Å². The maximum atomic E-state index is 7.42. The summed E-state index contributed by atoms with van der Waals surface area (Å²) >= 11 is 0. The van der Waals surface area contributed by atoms with Crippen LogP contribution in [0.4, 0.5) is 0 Å². The molecule has 0 aliphatic rings. The van der Waals surface area contributed by atoms with Crippen LogP contribution >= 0.6 is 0 Å². The molecule has 4 nitrogen and oxygen atoms in total. The molecule has 0 aromatic carbocycles. The van der Waals surface area contributed by atoms with Crippen molar-refractivity contribution in [2.75, 3.05) is 39.3 Å². The molecule has 1 unspecified atom stereocenters. The molecule has 0 spiro atoms. The molecule has 4 heteroatoms. The molecule has 0 aliphatic carbocycles. The topological polar surface area (TPSA) is 56.4 Å². The summed E-state index contributed by atoms with van der Waals surface area (Å²) in [5.41, 5.74) is 5.51. The number of nitrogens with zero attached hydrogens (tertiary/aromatic N) is 2. The fourth-order valence-electron chi connectivity index (χ4n) is 1.92. The molecule has 0 amide bonds. The van der Waals surface area contributed by atoms with Crippen LogP contribution in [0.15, 0.2) is 0 Å². The second kappa shape index (κ2) is 9.42. The average molecular weight is 242 g/mol. The zero-order valence-electron chi connectivity index (χ0n) is 12.0. The van der Waals surface area contributed by atoms with Crippen molar-refractivity contribution >= 4 is 5.84 Å². The van der Waals surface area contributed by atoms with Gasteiger partial charge in [0.2, 0.25) is 0 Å². The van der Waals surface area contributed by atoms with Gasteiger partial charge in [-0.3, -0.25) is 5.41 Å². The van der Waals surface area contributed by atoms with E-state index in [2.05, 4.69) is 30.6 Å². The van der Waals surface area contributed by atoms with Crippen molar-refractivity contribution in [1.29, 1.82) is 5.41 Å². The monoisotopic (exact) mass is 242 g/mol. The maximum Gasteiger partial charge on any atom is 0.0947 e. The number of hydrogen-bond acceptors (Lipinski definition) is 3. The zero-order chi connectivity index (χ0) is 13.3. The van der Waals surface area contributed by atoms with Gasteiger partial charge in [0.05, 0.1) is 5.84 Å². The van der Waals surface area contributed by atoms with Crippen LogP contribution in [0.5, 0.6) is 0 Å². The molecule has 0 radical (unpaired) electrons. The second-order valence-corrected chi connectivity index (χ2v) is 4.63. The molecule has 0 fully saturated rings. The zero-order valence-corrected chi connectivity index (χ0v) is 12.0. The lowest BCUT2D eigenvalue weighted by molar-refractivity contribution is 0.235. The standard InChI is InChI=1S/C13H30N4/c1-5-16(6-2)9-8-10-17(7-3)11-12(4)13(14)15/h12H,5-11H2,1-4H3,(H3,14,15). The molecule has 0 saturated carbocycles. The lowest BCUT2D eigenvalue weighted by atomic mass is 10.1. The van der Waals surface area contributed by atoms with Crippen LogP contribution in [0.1, 0.15) is 34.1 Å². The lowest BCUT2D eigenvalue weighted by Gasteiger charge is -2.25. The van der Waals surface area contributed by atoms with Crippen molar-refractivity contribution in [3.05, 3.63) is 0 Å². The van der Waals surface area contributed by atoms with Crippen molar-refractivity contribution in [1.82, 2.24) is 9.80 Å². The number of rotatable bonds is 10. The predicted octanol–water partition coefficient (Wildman–Crippen LogP) is 1.61. The quantitative estimate of drug-likeness (QED) is 0.452. The van der Waals surface area contributed by atoms with Gasteiger partial charge >= 0.3 is 0 Å². The van der Waals surface area contributed by atoms with E-state index >= 15 is 0 Å². The minimum Gasteiger partial charge on any atom is -0.387 e. The summed E-state index contributed by atoms with van der Waals surface area (Å²) in [6.45, 7) is 15.1. The van der Waals surface area contributed by atoms with E-state index in [0.29, 0.717) is 5.84 Å². The minimum atomic E-state index is 0.170. The van der Waals surface area contributed by atoms with E-state index in [4.69, 9.17) is 11.1 Å². The lowest BCUT2D eigenvalue weighted by Crippen LogP contribution is -2.36. The Balaban J connectivity index is 3.85. The van der Waals surface area contributed by atoms with Gasteiger partial charge in [0, 0.05) is 12.5 Å². The smallest absolute Gasteiger partial charge is 0.0947 e. The number of hydrogen-bond donors (Lipinski definition) is 2. The highest BCUT2D eigenvalue weighted by Gasteiger charge is 2.11. The summed E-state index contributed by atoms with van der Waals surface area (Å²) in [6.07, 6.45) is 1.19. The van der Waals surface area contributed by atoms with Gasteiger partial charge < -0.3 is 15.5 Å². The third-order valence-electron chi connectivity index (χ3n) is 3.35. The maximum absolute atomic E-state index is 7.42. The first-order valence-corrected chi connectivity index (χ1v) is 6.83. The Labute approximate surface area is 107 Å². The van der Waals surface area contributed by atoms with Gasteiger partial charge in [-0.1, -0.05) is 27.7 Å². The van der Waals surface area contributed by atoms with Gasteiger partial charge in [0.15, 0.2) is 0 Å². The Hall–Kier alpha value is -0.610. The van der Waals surface area contributed by atoms with Gasteiger partial charge in [0.25, 0.3) is 0 Å². The van der Waals surface area contributed by atoms with Crippen molar-refractivity contribution in [2.45, 2.75) is 34.1 Å². The second-order valence-electron chi connectivity index (χ2n) is 4.63. The van der Waals surface area contributed by atoms with E-state index in [-0.39, 0.29) is 5.92 Å². The molecule has 1 atom stereocenters. The fourth-order valence-corrected chi connectivity index (χ4v) is 1.92. The van der Waals surface area contributed by atoms with Crippen LogP contribution in [0, 0.1) is 11.3 Å². The van der Waals surface area contributed by atoms with E-state index in [1.54, 1.807) is 0 Å². The van der Waals surface area contributed by atoms with Gasteiger partial charge in [-0.2, -0.15) is 0 Å². The van der Waals surface area contributed by atoms with Gasteiger partial charge in [-0.15, -0.1) is 0 Å². The highest BCUT2D eigenvalue weighted by Crippen LogP contribution is 2.01. The summed E-state index contributed by atoms with van der Waals surface area (Å²) in [4.78, 5) is 4.83. The van der Waals surface area contributed by atoms with E-state index in [1.807, 2.05) is 6.92 Å². The van der Waals surface area contributed by atoms with Crippen molar-refractivity contribution in [2.24, 2.45) is 11.7 Å². The molecule has 102 valence electrons. The molecule has 0 aromatic heterocycles. The molecule has 17 heavy (non-hydrogen) atoms. The summed E-state index contributed by atoms with van der Waals surface area (Å²) < 4.78 is 0. The molecule has 0 rings (SSSR count). The van der Waals surface area contributed by atoms with Crippen LogP contribution in [0.3, 0.4) is 0 Å². The van der Waals surface area contributed by atoms with E-state index < -0.39 is 0 Å². The van der Waals surface area contributed by atoms with Crippen molar-refractivity contribution in [3.63, 3.8) is 0 Å². The first-order chi connectivity index (χ1) is 8.04. The minimum absolute atomic E-state index is 0.170. The Morgan fingerprint density at radius 1 is 1.06 bits per heavy atom. The third kappa shape index (κ3) is 7.34. The molecule has 0 saturated heterocycles. The molecule has 0 bridgehead atoms. The molecule has 0 aliphatic heterocycles. The summed E-state index contributed by atoms with van der Waals surface area (Å²) in [7, 11) is 0. The molecular weight excluding hydrogens is 212 g/mol. The number of nitrogens with two attached hydrogens (primary N) is 1. The molecule has 0 heterocycles. The first kappa shape index (κ1) is 16.4. The van der Waals surface area contributed by atoms with E-state index in [9.17, 15) is 0 Å². The molecule has 3 N–H and O–H groups in total. The van der Waals surface area contributed by atoms with Gasteiger partial charge in [-0.05, 0) is 39.1 Å². The number of nitrogens with one attached hydrogen (secondary N) is 1. The Morgan fingerprint density at radius 2 is 1.53 bits per heavy atom. The van der Waals surface area contributed by atoms with E-state index in [0.717, 1.165) is 39.3 Å². The normalized spacial score (nSPS) is 13.3. The van der Waals surface area contributed by atoms with Crippen LogP contribution in [-0.2, 0) is 0 Å². The largest absolute Gasteiger partial charge is 0.387 e. The fraction of sp³-hybridized carbons (Fsp3) is 0.923. The highest BCUT2D eigenvalue weighted by molar-refractivity contribution is 5.79. The number of amidine groups is 1. The summed E-state index contributed by atoms with van der Waals surface area (Å²) in [5.74, 6) is 0.468. The highest BCUT2D eigenvalue weighted by atomic mass is 15.1. The van der Waals surface area contributed by atoms with Crippen molar-refractivity contribution in [3.8, 4) is 0 Å². The Kier molecular flexibility index (Phi) is 9.09. The van der Waals surface area contributed by atoms with Crippen LogP contribution in [-0.4, -0.2) is 54.9 Å². The predicted molar refractivity (Wildman–Crippen MR) is 75.6 cm³/mol. The van der Waals surface area contributed by atoms with Crippen molar-refractivity contribution < 1.29 is 0 Å². The van der Waals surface area contributed by atoms with Crippen LogP contribution in [0.25, 0.3) is 0 Å². The third-order valence-corrected chi connectivity index (χ3v) is 3.35.